The number of carbonyl (C=O) groups is 2. The van der Waals surface area contributed by atoms with Crippen LogP contribution in [0.3, 0.4) is 0 Å². The average Bonchev–Trinajstić information content (AvgIpc) is 2.32. The largest absolute Gasteiger partial charge is 0.500 e. The molecule has 0 aromatic heterocycles. The summed E-state index contributed by atoms with van der Waals surface area (Å²) < 4.78 is 5.21. The lowest BCUT2D eigenvalue weighted by molar-refractivity contribution is -0.135. The van der Waals surface area contributed by atoms with Crippen molar-refractivity contribution in [3.63, 3.8) is 0 Å². The summed E-state index contributed by atoms with van der Waals surface area (Å²) in [6.07, 6.45) is 7.85. The minimum Gasteiger partial charge on any atom is -0.500 e. The highest BCUT2D eigenvalue weighted by Gasteiger charge is 2.24. The molecule has 1 aliphatic rings. The van der Waals surface area contributed by atoms with Crippen LogP contribution in [0.2, 0.25) is 0 Å². The topological polar surface area (TPSA) is 46.6 Å². The molecule has 0 bridgehead atoms. The molecular formula is C14H19NO3. The Labute approximate surface area is 108 Å². The monoisotopic (exact) mass is 249 g/mol. The maximum Gasteiger partial charge on any atom is 0.233 e. The number of hydrogen-bond donors (Lipinski definition) is 0. The molecule has 1 atom stereocenters. The van der Waals surface area contributed by atoms with E-state index in [9.17, 15) is 9.59 Å². The molecule has 98 valence electrons. The van der Waals surface area contributed by atoms with Crippen molar-refractivity contribution >= 4 is 11.7 Å². The first-order chi connectivity index (χ1) is 8.56. The van der Waals surface area contributed by atoms with Crippen molar-refractivity contribution in [1.82, 2.24) is 4.90 Å². The summed E-state index contributed by atoms with van der Waals surface area (Å²) in [5.41, 5.74) is 0. The lowest BCUT2D eigenvalue weighted by Gasteiger charge is -2.27. The molecule has 0 radical (unpaired) electrons. The number of ketones is 1. The summed E-state index contributed by atoms with van der Waals surface area (Å²) in [7, 11) is 0. The van der Waals surface area contributed by atoms with Crippen molar-refractivity contribution in [2.75, 3.05) is 6.61 Å². The molecule has 0 aromatic rings. The van der Waals surface area contributed by atoms with E-state index in [-0.39, 0.29) is 30.3 Å². The standard InChI is InChI=1S/C14H19NO3/c1-4-5-12-10-18-9-7-13(16)6-8-15(11(2)3)14(12)17/h4,6-9,11-12H,1,5,10H2,2-3H3/b8-6-,9-7-. The summed E-state index contributed by atoms with van der Waals surface area (Å²) in [6, 6.07) is -0.00253. The highest BCUT2D eigenvalue weighted by molar-refractivity contribution is 5.99. The van der Waals surface area contributed by atoms with Crippen LogP contribution >= 0.6 is 0 Å². The zero-order valence-electron chi connectivity index (χ0n) is 10.8. The molecule has 4 heteroatoms. The van der Waals surface area contributed by atoms with E-state index in [2.05, 4.69) is 6.58 Å². The Bertz CT molecular complexity index is 383. The third-order valence-electron chi connectivity index (χ3n) is 2.64. The third-order valence-corrected chi connectivity index (χ3v) is 2.64. The Balaban J connectivity index is 2.98. The molecule has 0 saturated heterocycles. The molecule has 18 heavy (non-hydrogen) atoms. The van der Waals surface area contributed by atoms with Gasteiger partial charge in [0.25, 0.3) is 0 Å². The fourth-order valence-electron chi connectivity index (χ4n) is 1.65. The van der Waals surface area contributed by atoms with E-state index in [1.54, 1.807) is 17.2 Å². The molecule has 0 spiro atoms. The van der Waals surface area contributed by atoms with Crippen LogP contribution in [0.15, 0.2) is 37.3 Å². The summed E-state index contributed by atoms with van der Waals surface area (Å²) in [5.74, 6) is -0.521. The van der Waals surface area contributed by atoms with Gasteiger partial charge in [-0.25, -0.2) is 0 Å². The summed E-state index contributed by atoms with van der Waals surface area (Å²) in [4.78, 5) is 25.3. The van der Waals surface area contributed by atoms with Crippen LogP contribution in [0.5, 0.6) is 0 Å². The average molecular weight is 249 g/mol. The minimum absolute atomic E-state index is 0.00253. The van der Waals surface area contributed by atoms with Crippen molar-refractivity contribution < 1.29 is 14.3 Å². The Morgan fingerprint density at radius 3 is 2.83 bits per heavy atom. The first-order valence-electron chi connectivity index (χ1n) is 5.99. The Kier molecular flexibility index (Phi) is 5.36. The second-order valence-electron chi connectivity index (χ2n) is 4.41. The second kappa shape index (κ2) is 6.79. The van der Waals surface area contributed by atoms with Crippen LogP contribution in [-0.2, 0) is 14.3 Å². The number of allylic oxidation sites excluding steroid dienone is 3. The van der Waals surface area contributed by atoms with E-state index < -0.39 is 0 Å². The van der Waals surface area contributed by atoms with E-state index in [1.165, 1.54) is 18.4 Å². The van der Waals surface area contributed by atoms with Gasteiger partial charge in [0.1, 0.15) is 0 Å². The van der Waals surface area contributed by atoms with Gasteiger partial charge in [-0.3, -0.25) is 9.59 Å². The van der Waals surface area contributed by atoms with Gasteiger partial charge >= 0.3 is 0 Å². The van der Waals surface area contributed by atoms with Gasteiger partial charge in [0.2, 0.25) is 5.91 Å². The van der Waals surface area contributed by atoms with Gasteiger partial charge < -0.3 is 9.64 Å². The highest BCUT2D eigenvalue weighted by Crippen LogP contribution is 2.14. The maximum absolute atomic E-state index is 12.3. The van der Waals surface area contributed by atoms with Gasteiger partial charge in [-0.2, -0.15) is 0 Å². The van der Waals surface area contributed by atoms with Crippen molar-refractivity contribution in [3.8, 4) is 0 Å². The van der Waals surface area contributed by atoms with Crippen LogP contribution in [0, 0.1) is 5.92 Å². The molecule has 1 heterocycles. The maximum atomic E-state index is 12.3. The van der Waals surface area contributed by atoms with Crippen molar-refractivity contribution in [2.45, 2.75) is 26.3 Å². The van der Waals surface area contributed by atoms with Crippen LogP contribution < -0.4 is 0 Å². The molecular weight excluding hydrogens is 230 g/mol. The molecule has 0 fully saturated rings. The van der Waals surface area contributed by atoms with E-state index in [0.29, 0.717) is 6.42 Å². The van der Waals surface area contributed by atoms with Crippen LogP contribution in [0.4, 0.5) is 0 Å². The van der Waals surface area contributed by atoms with Gasteiger partial charge in [-0.05, 0) is 20.3 Å². The van der Waals surface area contributed by atoms with E-state index >= 15 is 0 Å². The van der Waals surface area contributed by atoms with Crippen molar-refractivity contribution in [1.29, 1.82) is 0 Å². The zero-order valence-corrected chi connectivity index (χ0v) is 10.8. The second-order valence-corrected chi connectivity index (χ2v) is 4.41. The number of carbonyl (C=O) groups excluding carboxylic acids is 2. The number of nitrogens with zero attached hydrogens (tertiary/aromatic N) is 1. The van der Waals surface area contributed by atoms with Gasteiger partial charge in [-0.15, -0.1) is 6.58 Å². The molecule has 0 aromatic carbocycles. The molecule has 1 aliphatic heterocycles. The first kappa shape index (κ1) is 14.2. The molecule has 0 N–H and O–H groups in total. The predicted molar refractivity (Wildman–Crippen MR) is 69.5 cm³/mol. The van der Waals surface area contributed by atoms with Gasteiger partial charge in [0.05, 0.1) is 18.8 Å². The van der Waals surface area contributed by atoms with Crippen molar-refractivity contribution in [3.05, 3.63) is 37.3 Å². The number of rotatable bonds is 3. The first-order valence-corrected chi connectivity index (χ1v) is 5.99. The molecule has 1 rings (SSSR count). The van der Waals surface area contributed by atoms with E-state index in [4.69, 9.17) is 4.74 Å². The third kappa shape index (κ3) is 3.87. The zero-order chi connectivity index (χ0) is 13.5. The van der Waals surface area contributed by atoms with Gasteiger partial charge in [0, 0.05) is 24.4 Å². The van der Waals surface area contributed by atoms with E-state index in [0.717, 1.165) is 0 Å². The highest BCUT2D eigenvalue weighted by atomic mass is 16.5. The summed E-state index contributed by atoms with van der Waals surface area (Å²) >= 11 is 0. The normalized spacial score (nSPS) is 24.6. The summed E-state index contributed by atoms with van der Waals surface area (Å²) in [6.45, 7) is 7.71. The molecule has 0 saturated carbocycles. The molecule has 0 aliphatic carbocycles. The molecule has 4 nitrogen and oxygen atoms in total. The Morgan fingerprint density at radius 2 is 2.22 bits per heavy atom. The van der Waals surface area contributed by atoms with Crippen molar-refractivity contribution in [2.24, 2.45) is 5.92 Å². The predicted octanol–water partition coefficient (Wildman–Crippen LogP) is 2.04. The minimum atomic E-state index is -0.271. The number of amides is 1. The summed E-state index contributed by atoms with van der Waals surface area (Å²) in [5, 5.41) is 0. The fraction of sp³-hybridized carbons (Fsp3) is 0.429. The van der Waals surface area contributed by atoms with Crippen LogP contribution in [0.25, 0.3) is 0 Å². The quantitative estimate of drug-likeness (QED) is 0.719. The smallest absolute Gasteiger partial charge is 0.233 e. The van der Waals surface area contributed by atoms with Crippen LogP contribution in [-0.4, -0.2) is 29.2 Å². The number of hydrogen-bond acceptors (Lipinski definition) is 3. The Morgan fingerprint density at radius 1 is 1.50 bits per heavy atom. The lowest BCUT2D eigenvalue weighted by Crippen LogP contribution is -2.38. The van der Waals surface area contributed by atoms with E-state index in [1.807, 2.05) is 13.8 Å². The van der Waals surface area contributed by atoms with Gasteiger partial charge in [-0.1, -0.05) is 6.08 Å². The van der Waals surface area contributed by atoms with Gasteiger partial charge in [0.15, 0.2) is 5.78 Å². The van der Waals surface area contributed by atoms with Crippen LogP contribution in [0.1, 0.15) is 20.3 Å². The fourth-order valence-corrected chi connectivity index (χ4v) is 1.65. The Hall–Kier alpha value is -1.84. The SMILES string of the molecule is C=CCC1CO/C=C\C(=O)/C=C\N(C(C)C)C1=O. The molecule has 1 unspecified atom stereocenters. The number of ether oxygens (including phenoxy) is 1. The molecule has 1 amide bonds. The lowest BCUT2D eigenvalue weighted by atomic mass is 10.0.